The van der Waals surface area contributed by atoms with Crippen LogP contribution in [0.2, 0.25) is 0 Å². The van der Waals surface area contributed by atoms with Crippen molar-refractivity contribution in [3.05, 3.63) is 60.0 Å². The van der Waals surface area contributed by atoms with Gasteiger partial charge in [-0.25, -0.2) is 4.39 Å². The van der Waals surface area contributed by atoms with Crippen LogP contribution in [-0.4, -0.2) is 28.2 Å². The molecule has 1 rings (SSSR count). The summed E-state index contributed by atoms with van der Waals surface area (Å²) in [5, 5.41) is 19.2. The van der Waals surface area contributed by atoms with Gasteiger partial charge in [-0.2, -0.15) is 0 Å². The van der Waals surface area contributed by atoms with Gasteiger partial charge in [0, 0.05) is 18.4 Å². The van der Waals surface area contributed by atoms with E-state index < -0.39 is 12.2 Å². The number of aliphatic hydroxyl groups excluding tert-OH is 2. The summed E-state index contributed by atoms with van der Waals surface area (Å²) in [4.78, 5) is 10.8. The number of benzene rings is 1. The van der Waals surface area contributed by atoms with Crippen molar-refractivity contribution in [1.29, 1.82) is 0 Å². The smallest absolute Gasteiger partial charge is 0.129 e. The maximum Gasteiger partial charge on any atom is 0.129 e. The standard InChI is InChI=1S/C21H21FO3/c1-17(23)11-16-21(25)9-5-3-2-4-8-20(24)10-6-7-18-12-14-19(22)15-13-18/h2-4,8,12-15,20-21,24-25H,10-11,16H2,1H3/b3-2+,8-4+/t20-,21+/m0/s1. The van der Waals surface area contributed by atoms with Crippen LogP contribution in [0.5, 0.6) is 0 Å². The highest BCUT2D eigenvalue weighted by molar-refractivity contribution is 5.75. The lowest BCUT2D eigenvalue weighted by Gasteiger charge is -1.98. The minimum atomic E-state index is -0.815. The largest absolute Gasteiger partial charge is 0.388 e. The number of halogens is 1. The molecule has 0 fully saturated rings. The first-order chi connectivity index (χ1) is 12.0. The van der Waals surface area contributed by atoms with Crippen LogP contribution in [-0.2, 0) is 4.79 Å². The van der Waals surface area contributed by atoms with E-state index in [9.17, 15) is 19.4 Å². The Morgan fingerprint density at radius 2 is 1.96 bits per heavy atom. The average Bonchev–Trinajstić information content (AvgIpc) is 2.58. The normalized spacial score (nSPS) is 13.0. The van der Waals surface area contributed by atoms with Gasteiger partial charge in [0.05, 0.1) is 6.10 Å². The number of aliphatic hydroxyl groups is 2. The Balaban J connectivity index is 2.34. The highest BCUT2D eigenvalue weighted by atomic mass is 19.1. The van der Waals surface area contributed by atoms with E-state index in [1.807, 2.05) is 0 Å². The summed E-state index contributed by atoms with van der Waals surface area (Å²) in [5.41, 5.74) is 0.691. The van der Waals surface area contributed by atoms with E-state index in [2.05, 4.69) is 23.7 Å². The molecule has 0 saturated heterocycles. The summed E-state index contributed by atoms with van der Waals surface area (Å²) in [5.74, 6) is 10.7. The van der Waals surface area contributed by atoms with Crippen molar-refractivity contribution in [3.63, 3.8) is 0 Å². The van der Waals surface area contributed by atoms with Crippen LogP contribution >= 0.6 is 0 Å². The third-order valence-corrected chi connectivity index (χ3v) is 3.03. The molecule has 2 N–H and O–H groups in total. The van der Waals surface area contributed by atoms with Crippen molar-refractivity contribution in [2.45, 2.75) is 38.4 Å². The molecule has 1 aromatic rings. The molecule has 0 saturated carbocycles. The molecule has 25 heavy (non-hydrogen) atoms. The molecule has 4 heteroatoms. The SMILES string of the molecule is CC(=O)CC[C@H](O)C#C/C=C/C=C/[C@H](O)CC#Cc1ccc(F)cc1. The Morgan fingerprint density at radius 3 is 2.64 bits per heavy atom. The summed E-state index contributed by atoms with van der Waals surface area (Å²) in [6, 6.07) is 5.83. The summed E-state index contributed by atoms with van der Waals surface area (Å²) in [6.07, 6.45) is 5.77. The molecule has 0 aliphatic heterocycles. The number of hydrogen-bond donors (Lipinski definition) is 2. The van der Waals surface area contributed by atoms with Crippen LogP contribution in [0.15, 0.2) is 48.6 Å². The number of carbonyl (C=O) groups excluding carboxylic acids is 1. The fourth-order valence-electron chi connectivity index (χ4n) is 1.71. The Labute approximate surface area is 147 Å². The van der Waals surface area contributed by atoms with Crippen LogP contribution in [0.4, 0.5) is 4.39 Å². The molecular weight excluding hydrogens is 319 g/mol. The lowest BCUT2D eigenvalue weighted by Crippen LogP contribution is -2.04. The number of allylic oxidation sites excluding steroid dienone is 3. The molecule has 1 aromatic carbocycles. The van der Waals surface area contributed by atoms with E-state index in [0.29, 0.717) is 18.4 Å². The molecule has 0 aliphatic carbocycles. The van der Waals surface area contributed by atoms with Gasteiger partial charge >= 0.3 is 0 Å². The van der Waals surface area contributed by atoms with Gasteiger partial charge in [0.2, 0.25) is 0 Å². The Morgan fingerprint density at radius 1 is 1.24 bits per heavy atom. The zero-order valence-electron chi connectivity index (χ0n) is 14.1. The van der Waals surface area contributed by atoms with Gasteiger partial charge in [-0.15, -0.1) is 0 Å². The van der Waals surface area contributed by atoms with Gasteiger partial charge in [-0.05, 0) is 43.7 Å². The number of Topliss-reactive ketones (excluding diaryl/α,β-unsaturated/α-hetero) is 1. The molecule has 2 atom stereocenters. The number of rotatable bonds is 6. The summed E-state index contributed by atoms with van der Waals surface area (Å²) in [7, 11) is 0. The number of ketones is 1. The molecule has 0 heterocycles. The van der Waals surface area contributed by atoms with E-state index in [0.717, 1.165) is 0 Å². The third-order valence-electron chi connectivity index (χ3n) is 3.03. The van der Waals surface area contributed by atoms with Crippen LogP contribution in [0.3, 0.4) is 0 Å². The Kier molecular flexibility index (Phi) is 9.63. The van der Waals surface area contributed by atoms with Crippen molar-refractivity contribution >= 4 is 5.78 Å². The van der Waals surface area contributed by atoms with Gasteiger partial charge in [-0.3, -0.25) is 0 Å². The molecule has 0 spiro atoms. The summed E-state index contributed by atoms with van der Waals surface area (Å²) < 4.78 is 12.7. The van der Waals surface area contributed by atoms with Crippen LogP contribution < -0.4 is 0 Å². The van der Waals surface area contributed by atoms with Crippen LogP contribution in [0, 0.1) is 29.5 Å². The van der Waals surface area contributed by atoms with Gasteiger partial charge in [0.15, 0.2) is 0 Å². The highest BCUT2D eigenvalue weighted by Crippen LogP contribution is 2.01. The molecule has 130 valence electrons. The average molecular weight is 340 g/mol. The zero-order valence-corrected chi connectivity index (χ0v) is 14.1. The first kappa shape index (κ1) is 20.4. The molecule has 3 nitrogen and oxygen atoms in total. The molecule has 0 amide bonds. The van der Waals surface area contributed by atoms with Crippen molar-refractivity contribution in [3.8, 4) is 23.7 Å². The van der Waals surface area contributed by atoms with Gasteiger partial charge < -0.3 is 15.0 Å². The van der Waals surface area contributed by atoms with Crippen molar-refractivity contribution in [2.24, 2.45) is 0 Å². The monoisotopic (exact) mass is 340 g/mol. The lowest BCUT2D eigenvalue weighted by atomic mass is 10.1. The summed E-state index contributed by atoms with van der Waals surface area (Å²) >= 11 is 0. The van der Waals surface area contributed by atoms with Crippen molar-refractivity contribution in [2.75, 3.05) is 0 Å². The maximum atomic E-state index is 12.7. The highest BCUT2D eigenvalue weighted by Gasteiger charge is 2.00. The van der Waals surface area contributed by atoms with E-state index in [-0.39, 0.29) is 18.0 Å². The van der Waals surface area contributed by atoms with Crippen molar-refractivity contribution < 1.29 is 19.4 Å². The van der Waals surface area contributed by atoms with E-state index in [1.165, 1.54) is 19.1 Å². The second-order valence-electron chi connectivity index (χ2n) is 5.37. The lowest BCUT2D eigenvalue weighted by molar-refractivity contribution is -0.117. The fraction of sp³-hybridized carbons (Fsp3) is 0.286. The Hall–Kier alpha value is -2.66. The molecule has 0 bridgehead atoms. The van der Waals surface area contributed by atoms with Crippen LogP contribution in [0.1, 0.15) is 31.7 Å². The Bertz CT molecular complexity index is 724. The maximum absolute atomic E-state index is 12.7. The molecular formula is C21H21FO3. The summed E-state index contributed by atoms with van der Waals surface area (Å²) in [6.45, 7) is 1.47. The molecule has 0 radical (unpaired) electrons. The van der Waals surface area contributed by atoms with Gasteiger partial charge in [-0.1, -0.05) is 41.9 Å². The molecule has 0 unspecified atom stereocenters. The predicted octanol–water partition coefficient (Wildman–Crippen LogP) is 2.77. The first-order valence-electron chi connectivity index (χ1n) is 7.92. The third kappa shape index (κ3) is 10.7. The number of hydrogen-bond acceptors (Lipinski definition) is 3. The zero-order chi connectivity index (χ0) is 18.5. The van der Waals surface area contributed by atoms with Gasteiger partial charge in [0.1, 0.15) is 17.7 Å². The minimum absolute atomic E-state index is 0.0239. The second-order valence-corrected chi connectivity index (χ2v) is 5.37. The first-order valence-corrected chi connectivity index (χ1v) is 7.92. The molecule has 0 aliphatic rings. The fourth-order valence-corrected chi connectivity index (χ4v) is 1.71. The van der Waals surface area contributed by atoms with E-state index in [4.69, 9.17) is 0 Å². The molecule has 0 aromatic heterocycles. The van der Waals surface area contributed by atoms with E-state index >= 15 is 0 Å². The number of carbonyl (C=O) groups is 1. The van der Waals surface area contributed by atoms with E-state index in [1.54, 1.807) is 36.4 Å². The second kappa shape index (κ2) is 11.8. The minimum Gasteiger partial charge on any atom is -0.388 e. The predicted molar refractivity (Wildman–Crippen MR) is 95.9 cm³/mol. The van der Waals surface area contributed by atoms with Crippen molar-refractivity contribution in [1.82, 2.24) is 0 Å². The van der Waals surface area contributed by atoms with Crippen LogP contribution in [0.25, 0.3) is 0 Å². The topological polar surface area (TPSA) is 57.5 Å². The van der Waals surface area contributed by atoms with Gasteiger partial charge in [0.25, 0.3) is 0 Å². The quantitative estimate of drug-likeness (QED) is 0.618.